The SMILES string of the molecule is N#Cc1c(NC(=O)c2ccccc2[N+](=O)[O-])sc2c1CCC2. The molecular weight excluding hydrogens is 302 g/mol. The van der Waals surface area contributed by atoms with Crippen molar-refractivity contribution in [2.24, 2.45) is 0 Å². The van der Waals surface area contributed by atoms with Gasteiger partial charge in [-0.2, -0.15) is 5.26 Å². The molecule has 7 heteroatoms. The van der Waals surface area contributed by atoms with Crippen LogP contribution in [0.15, 0.2) is 24.3 Å². The van der Waals surface area contributed by atoms with E-state index in [4.69, 9.17) is 0 Å². The molecule has 0 saturated carbocycles. The Balaban J connectivity index is 1.94. The Morgan fingerprint density at radius 1 is 1.36 bits per heavy atom. The molecule has 3 rings (SSSR count). The molecule has 0 unspecified atom stereocenters. The fraction of sp³-hybridized carbons (Fsp3) is 0.200. The molecule has 0 saturated heterocycles. The molecule has 1 aromatic heterocycles. The fourth-order valence-corrected chi connectivity index (χ4v) is 3.84. The van der Waals surface area contributed by atoms with Crippen LogP contribution in [0.3, 0.4) is 0 Å². The van der Waals surface area contributed by atoms with Gasteiger partial charge in [0.05, 0.1) is 10.5 Å². The van der Waals surface area contributed by atoms with Gasteiger partial charge in [0.25, 0.3) is 11.6 Å². The van der Waals surface area contributed by atoms with Gasteiger partial charge in [-0.3, -0.25) is 14.9 Å². The lowest BCUT2D eigenvalue weighted by Crippen LogP contribution is -2.13. The molecule has 1 amide bonds. The molecule has 1 aliphatic rings. The summed E-state index contributed by atoms with van der Waals surface area (Å²) < 4.78 is 0. The van der Waals surface area contributed by atoms with Crippen LogP contribution in [0.1, 0.15) is 32.8 Å². The number of nitro benzene ring substituents is 1. The van der Waals surface area contributed by atoms with Gasteiger partial charge < -0.3 is 5.32 Å². The van der Waals surface area contributed by atoms with E-state index in [-0.39, 0.29) is 11.3 Å². The second kappa shape index (κ2) is 5.58. The number of aryl methyl sites for hydroxylation is 1. The van der Waals surface area contributed by atoms with Gasteiger partial charge in [0.1, 0.15) is 16.6 Å². The van der Waals surface area contributed by atoms with Gasteiger partial charge in [0.15, 0.2) is 0 Å². The highest BCUT2D eigenvalue weighted by molar-refractivity contribution is 7.16. The number of carbonyl (C=O) groups excluding carboxylic acids is 1. The van der Waals surface area contributed by atoms with Crippen molar-refractivity contribution in [1.82, 2.24) is 0 Å². The molecule has 1 heterocycles. The van der Waals surface area contributed by atoms with Crippen LogP contribution in [-0.4, -0.2) is 10.8 Å². The lowest BCUT2D eigenvalue weighted by molar-refractivity contribution is -0.385. The van der Waals surface area contributed by atoms with Crippen molar-refractivity contribution in [3.8, 4) is 6.07 Å². The van der Waals surface area contributed by atoms with Crippen LogP contribution < -0.4 is 5.32 Å². The number of nitro groups is 1. The third-order valence-electron chi connectivity index (χ3n) is 3.61. The maximum absolute atomic E-state index is 12.3. The Labute approximate surface area is 130 Å². The summed E-state index contributed by atoms with van der Waals surface area (Å²) in [6.07, 6.45) is 2.78. The molecule has 1 N–H and O–H groups in total. The van der Waals surface area contributed by atoms with E-state index in [0.717, 1.165) is 29.7 Å². The Hall–Kier alpha value is -2.72. The number of amides is 1. The van der Waals surface area contributed by atoms with E-state index in [1.807, 2.05) is 0 Å². The first kappa shape index (κ1) is 14.2. The number of fused-ring (bicyclic) bond motifs is 1. The summed E-state index contributed by atoms with van der Waals surface area (Å²) in [6.45, 7) is 0. The van der Waals surface area contributed by atoms with Gasteiger partial charge in [-0.15, -0.1) is 11.3 Å². The molecule has 2 aromatic rings. The van der Waals surface area contributed by atoms with Crippen LogP contribution in [0.2, 0.25) is 0 Å². The number of thiophene rings is 1. The highest BCUT2D eigenvalue weighted by atomic mass is 32.1. The van der Waals surface area contributed by atoms with E-state index >= 15 is 0 Å². The predicted octanol–water partition coefficient (Wildman–Crippen LogP) is 3.27. The Morgan fingerprint density at radius 3 is 2.86 bits per heavy atom. The number of nitrogens with one attached hydrogen (secondary N) is 1. The van der Waals surface area contributed by atoms with Crippen LogP contribution in [0.4, 0.5) is 10.7 Å². The van der Waals surface area contributed by atoms with Gasteiger partial charge in [-0.1, -0.05) is 12.1 Å². The number of carbonyl (C=O) groups is 1. The smallest absolute Gasteiger partial charge is 0.282 e. The molecule has 0 bridgehead atoms. The van der Waals surface area contributed by atoms with E-state index in [9.17, 15) is 20.2 Å². The maximum atomic E-state index is 12.3. The summed E-state index contributed by atoms with van der Waals surface area (Å²) >= 11 is 1.39. The minimum atomic E-state index is -0.589. The zero-order valence-corrected chi connectivity index (χ0v) is 12.3. The van der Waals surface area contributed by atoms with Crippen LogP contribution in [0.5, 0.6) is 0 Å². The van der Waals surface area contributed by atoms with Crippen LogP contribution in [0.25, 0.3) is 0 Å². The van der Waals surface area contributed by atoms with Crippen molar-refractivity contribution < 1.29 is 9.72 Å². The number of hydrogen-bond donors (Lipinski definition) is 1. The third kappa shape index (κ3) is 2.34. The van der Waals surface area contributed by atoms with Crippen molar-refractivity contribution in [2.75, 3.05) is 5.32 Å². The first-order chi connectivity index (χ1) is 10.6. The Kier molecular flexibility index (Phi) is 3.61. The van der Waals surface area contributed by atoms with Gasteiger partial charge in [0, 0.05) is 10.9 Å². The summed E-state index contributed by atoms with van der Waals surface area (Å²) in [5.41, 5.74) is 1.24. The Morgan fingerprint density at radius 2 is 2.14 bits per heavy atom. The van der Waals surface area contributed by atoms with E-state index in [0.29, 0.717) is 10.6 Å². The zero-order valence-electron chi connectivity index (χ0n) is 11.5. The molecule has 110 valence electrons. The third-order valence-corrected chi connectivity index (χ3v) is 4.81. The summed E-state index contributed by atoms with van der Waals surface area (Å²) in [7, 11) is 0. The largest absolute Gasteiger partial charge is 0.312 e. The number of nitriles is 1. The second-order valence-electron chi connectivity index (χ2n) is 4.90. The van der Waals surface area contributed by atoms with Crippen molar-refractivity contribution in [3.05, 3.63) is 55.9 Å². The molecule has 1 aliphatic carbocycles. The number of anilines is 1. The fourth-order valence-electron chi connectivity index (χ4n) is 2.61. The maximum Gasteiger partial charge on any atom is 0.282 e. The van der Waals surface area contributed by atoms with E-state index in [1.165, 1.54) is 29.5 Å². The molecule has 6 nitrogen and oxygen atoms in total. The second-order valence-corrected chi connectivity index (χ2v) is 6.01. The number of benzene rings is 1. The Bertz CT molecular complexity index is 820. The minimum absolute atomic E-state index is 0.00931. The summed E-state index contributed by atoms with van der Waals surface area (Å²) in [5.74, 6) is -0.566. The lowest BCUT2D eigenvalue weighted by atomic mass is 10.1. The van der Waals surface area contributed by atoms with Gasteiger partial charge >= 0.3 is 0 Å². The minimum Gasteiger partial charge on any atom is -0.312 e. The summed E-state index contributed by atoms with van der Waals surface area (Å²) in [6, 6.07) is 7.90. The highest BCUT2D eigenvalue weighted by Crippen LogP contribution is 2.38. The van der Waals surface area contributed by atoms with Crippen molar-refractivity contribution in [2.45, 2.75) is 19.3 Å². The van der Waals surface area contributed by atoms with E-state index < -0.39 is 10.8 Å². The lowest BCUT2D eigenvalue weighted by Gasteiger charge is -2.04. The molecule has 22 heavy (non-hydrogen) atoms. The van der Waals surface area contributed by atoms with Crippen LogP contribution in [-0.2, 0) is 12.8 Å². The van der Waals surface area contributed by atoms with Crippen LogP contribution in [0, 0.1) is 21.4 Å². The first-order valence-corrected chi connectivity index (χ1v) is 7.53. The number of para-hydroxylation sites is 1. The highest BCUT2D eigenvalue weighted by Gasteiger charge is 2.25. The molecule has 0 atom stereocenters. The predicted molar refractivity (Wildman–Crippen MR) is 82.1 cm³/mol. The quantitative estimate of drug-likeness (QED) is 0.694. The molecule has 0 fully saturated rings. The van der Waals surface area contributed by atoms with E-state index in [2.05, 4.69) is 11.4 Å². The number of nitrogens with zero attached hydrogens (tertiary/aromatic N) is 2. The van der Waals surface area contributed by atoms with Crippen LogP contribution >= 0.6 is 11.3 Å². The van der Waals surface area contributed by atoms with Gasteiger partial charge in [0.2, 0.25) is 0 Å². The number of rotatable bonds is 3. The van der Waals surface area contributed by atoms with Gasteiger partial charge in [-0.05, 0) is 30.9 Å². The summed E-state index contributed by atoms with van der Waals surface area (Å²) in [4.78, 5) is 23.8. The standard InChI is InChI=1S/C15H11N3O3S/c16-8-11-9-5-3-7-13(9)22-15(11)17-14(19)10-4-1-2-6-12(10)18(20)21/h1-2,4,6H,3,5,7H2,(H,17,19). The summed E-state index contributed by atoms with van der Waals surface area (Å²) in [5, 5.41) is 23.4. The molecule has 1 aromatic carbocycles. The van der Waals surface area contributed by atoms with Crippen molar-refractivity contribution >= 4 is 27.9 Å². The van der Waals surface area contributed by atoms with Gasteiger partial charge in [-0.25, -0.2) is 0 Å². The number of hydrogen-bond acceptors (Lipinski definition) is 5. The van der Waals surface area contributed by atoms with Crippen molar-refractivity contribution in [3.63, 3.8) is 0 Å². The monoisotopic (exact) mass is 313 g/mol. The molecule has 0 radical (unpaired) electrons. The average Bonchev–Trinajstić information content (AvgIpc) is 3.07. The van der Waals surface area contributed by atoms with E-state index in [1.54, 1.807) is 6.07 Å². The average molecular weight is 313 g/mol. The van der Waals surface area contributed by atoms with Crippen molar-refractivity contribution in [1.29, 1.82) is 5.26 Å². The normalized spacial score (nSPS) is 12.5. The zero-order chi connectivity index (χ0) is 15.7. The topological polar surface area (TPSA) is 96.0 Å². The molecular formula is C15H11N3O3S. The molecule has 0 spiro atoms. The first-order valence-electron chi connectivity index (χ1n) is 6.71. The molecule has 0 aliphatic heterocycles.